The molecule has 0 spiro atoms. The summed E-state index contributed by atoms with van der Waals surface area (Å²) in [6.07, 6.45) is 0. The highest BCUT2D eigenvalue weighted by molar-refractivity contribution is 5.91. The molecule has 0 aliphatic heterocycles. The molecule has 0 bridgehead atoms. The third kappa shape index (κ3) is 3.70. The van der Waals surface area contributed by atoms with Gasteiger partial charge in [0.2, 0.25) is 11.8 Å². The zero-order valence-electron chi connectivity index (χ0n) is 10.5. The SMILES string of the molecule is CC(=O)NCCN(C(C)=O)c1ccc(F)c(F)c1F. The van der Waals surface area contributed by atoms with Crippen LogP contribution in [0.25, 0.3) is 0 Å². The van der Waals surface area contributed by atoms with E-state index in [1.807, 2.05) is 0 Å². The summed E-state index contributed by atoms with van der Waals surface area (Å²) in [5, 5.41) is 2.42. The van der Waals surface area contributed by atoms with E-state index >= 15 is 0 Å². The number of nitrogens with zero attached hydrogens (tertiary/aromatic N) is 1. The Kier molecular flexibility index (Phi) is 4.91. The Balaban J connectivity index is 2.97. The quantitative estimate of drug-likeness (QED) is 0.848. The summed E-state index contributed by atoms with van der Waals surface area (Å²) >= 11 is 0. The van der Waals surface area contributed by atoms with Gasteiger partial charge in [-0.1, -0.05) is 0 Å². The van der Waals surface area contributed by atoms with Crippen molar-refractivity contribution in [3.8, 4) is 0 Å². The second-order valence-electron chi connectivity index (χ2n) is 3.85. The first-order valence-corrected chi connectivity index (χ1v) is 5.50. The second kappa shape index (κ2) is 6.21. The van der Waals surface area contributed by atoms with E-state index in [0.717, 1.165) is 24.0 Å². The minimum absolute atomic E-state index is 0.0447. The van der Waals surface area contributed by atoms with Crippen molar-refractivity contribution >= 4 is 17.5 Å². The van der Waals surface area contributed by atoms with E-state index in [1.54, 1.807) is 0 Å². The maximum Gasteiger partial charge on any atom is 0.224 e. The normalized spacial score (nSPS) is 10.2. The fourth-order valence-corrected chi connectivity index (χ4v) is 1.52. The minimum Gasteiger partial charge on any atom is -0.355 e. The second-order valence-corrected chi connectivity index (χ2v) is 3.85. The summed E-state index contributed by atoms with van der Waals surface area (Å²) in [6.45, 7) is 2.48. The van der Waals surface area contributed by atoms with Crippen LogP contribution in [0.3, 0.4) is 0 Å². The van der Waals surface area contributed by atoms with Crippen molar-refractivity contribution < 1.29 is 22.8 Å². The van der Waals surface area contributed by atoms with Crippen LogP contribution in [0.1, 0.15) is 13.8 Å². The first-order chi connectivity index (χ1) is 8.84. The predicted molar refractivity (Wildman–Crippen MR) is 63.0 cm³/mol. The molecule has 1 rings (SSSR count). The molecule has 0 saturated carbocycles. The lowest BCUT2D eigenvalue weighted by Crippen LogP contribution is -2.37. The van der Waals surface area contributed by atoms with Gasteiger partial charge in [-0.25, -0.2) is 13.2 Å². The van der Waals surface area contributed by atoms with E-state index in [0.29, 0.717) is 0 Å². The highest BCUT2D eigenvalue weighted by Gasteiger charge is 2.20. The molecule has 1 N–H and O–H groups in total. The lowest BCUT2D eigenvalue weighted by atomic mass is 10.2. The number of benzene rings is 1. The smallest absolute Gasteiger partial charge is 0.224 e. The molecule has 0 aliphatic carbocycles. The fourth-order valence-electron chi connectivity index (χ4n) is 1.52. The van der Waals surface area contributed by atoms with Crippen LogP contribution in [-0.2, 0) is 9.59 Å². The zero-order valence-corrected chi connectivity index (χ0v) is 10.5. The molecule has 104 valence electrons. The molecule has 0 unspecified atom stereocenters. The molecule has 19 heavy (non-hydrogen) atoms. The Labute approximate surface area is 108 Å². The molecule has 7 heteroatoms. The molecule has 0 radical (unpaired) electrons. The minimum atomic E-state index is -1.64. The Hall–Kier alpha value is -2.05. The lowest BCUT2D eigenvalue weighted by Gasteiger charge is -2.22. The van der Waals surface area contributed by atoms with Crippen LogP contribution in [0.5, 0.6) is 0 Å². The summed E-state index contributed by atoms with van der Waals surface area (Å²) in [5.74, 6) is -5.25. The van der Waals surface area contributed by atoms with Gasteiger partial charge in [-0.3, -0.25) is 9.59 Å². The molecule has 0 aromatic heterocycles. The molecule has 0 atom stereocenters. The van der Waals surface area contributed by atoms with E-state index in [4.69, 9.17) is 0 Å². The molecule has 0 heterocycles. The van der Waals surface area contributed by atoms with Gasteiger partial charge in [0.1, 0.15) is 0 Å². The van der Waals surface area contributed by atoms with Crippen molar-refractivity contribution in [2.24, 2.45) is 0 Å². The molecule has 2 amide bonds. The molecule has 1 aromatic carbocycles. The average molecular weight is 274 g/mol. The van der Waals surface area contributed by atoms with E-state index in [9.17, 15) is 22.8 Å². The van der Waals surface area contributed by atoms with Gasteiger partial charge < -0.3 is 10.2 Å². The van der Waals surface area contributed by atoms with Crippen molar-refractivity contribution in [1.82, 2.24) is 5.32 Å². The van der Waals surface area contributed by atoms with Gasteiger partial charge >= 0.3 is 0 Å². The van der Waals surface area contributed by atoms with E-state index in [1.165, 1.54) is 6.92 Å². The third-order valence-corrected chi connectivity index (χ3v) is 2.40. The molecule has 4 nitrogen and oxygen atoms in total. The number of nitrogens with one attached hydrogen (secondary N) is 1. The first kappa shape index (κ1) is 15.0. The summed E-state index contributed by atoms with van der Waals surface area (Å²) in [4.78, 5) is 23.0. The van der Waals surface area contributed by atoms with E-state index in [2.05, 4.69) is 5.32 Å². The monoisotopic (exact) mass is 274 g/mol. The number of halogens is 3. The number of hydrogen-bond acceptors (Lipinski definition) is 2. The van der Waals surface area contributed by atoms with Crippen LogP contribution >= 0.6 is 0 Å². The van der Waals surface area contributed by atoms with Gasteiger partial charge in [0.05, 0.1) is 5.69 Å². The van der Waals surface area contributed by atoms with Crippen LogP contribution < -0.4 is 10.2 Å². The van der Waals surface area contributed by atoms with Crippen molar-refractivity contribution in [3.05, 3.63) is 29.6 Å². The molecule has 0 saturated heterocycles. The summed E-state index contributed by atoms with van der Waals surface area (Å²) in [7, 11) is 0. The van der Waals surface area contributed by atoms with Gasteiger partial charge in [0, 0.05) is 26.9 Å². The van der Waals surface area contributed by atoms with Crippen LogP contribution in [-0.4, -0.2) is 24.9 Å². The Morgan fingerprint density at radius 1 is 1.16 bits per heavy atom. The first-order valence-electron chi connectivity index (χ1n) is 5.50. The standard InChI is InChI=1S/C12H13F3N2O2/c1-7(18)16-5-6-17(8(2)19)10-4-3-9(13)11(14)12(10)15/h3-4H,5-6H2,1-2H3,(H,16,18). The maximum atomic E-state index is 13.6. The summed E-state index contributed by atoms with van der Waals surface area (Å²) in [5.41, 5.74) is -0.364. The Morgan fingerprint density at radius 2 is 1.79 bits per heavy atom. The van der Waals surface area contributed by atoms with E-state index in [-0.39, 0.29) is 24.7 Å². The van der Waals surface area contributed by atoms with Gasteiger partial charge in [-0.15, -0.1) is 0 Å². The van der Waals surface area contributed by atoms with Gasteiger partial charge in [0.15, 0.2) is 17.5 Å². The number of hydrogen-bond donors (Lipinski definition) is 1. The fraction of sp³-hybridized carbons (Fsp3) is 0.333. The highest BCUT2D eigenvalue weighted by atomic mass is 19.2. The van der Waals surface area contributed by atoms with Crippen LogP contribution in [0.15, 0.2) is 12.1 Å². The molecule has 0 fully saturated rings. The predicted octanol–water partition coefficient (Wildman–Crippen LogP) is 1.59. The molecular weight excluding hydrogens is 261 g/mol. The van der Waals surface area contributed by atoms with Crippen molar-refractivity contribution in [2.75, 3.05) is 18.0 Å². The number of carbonyl (C=O) groups excluding carboxylic acids is 2. The summed E-state index contributed by atoms with van der Waals surface area (Å²) in [6, 6.07) is 1.71. The van der Waals surface area contributed by atoms with Crippen molar-refractivity contribution in [1.29, 1.82) is 0 Å². The molecule has 1 aromatic rings. The lowest BCUT2D eigenvalue weighted by molar-refractivity contribution is -0.119. The molecule has 0 aliphatic rings. The number of amides is 2. The Bertz CT molecular complexity index is 506. The zero-order chi connectivity index (χ0) is 14.6. The Morgan fingerprint density at radius 3 is 2.32 bits per heavy atom. The summed E-state index contributed by atoms with van der Waals surface area (Å²) < 4.78 is 39.5. The van der Waals surface area contributed by atoms with E-state index < -0.39 is 23.4 Å². The topological polar surface area (TPSA) is 49.4 Å². The largest absolute Gasteiger partial charge is 0.355 e. The average Bonchev–Trinajstić information content (AvgIpc) is 2.32. The van der Waals surface area contributed by atoms with Crippen LogP contribution in [0.4, 0.5) is 18.9 Å². The van der Waals surface area contributed by atoms with Gasteiger partial charge in [0.25, 0.3) is 0 Å². The van der Waals surface area contributed by atoms with Crippen LogP contribution in [0, 0.1) is 17.5 Å². The van der Waals surface area contributed by atoms with Crippen LogP contribution in [0.2, 0.25) is 0 Å². The van der Waals surface area contributed by atoms with Gasteiger partial charge in [-0.2, -0.15) is 0 Å². The molecular formula is C12H13F3N2O2. The highest BCUT2D eigenvalue weighted by Crippen LogP contribution is 2.23. The third-order valence-electron chi connectivity index (χ3n) is 2.40. The maximum absolute atomic E-state index is 13.6. The number of rotatable bonds is 4. The number of anilines is 1. The van der Waals surface area contributed by atoms with Gasteiger partial charge in [-0.05, 0) is 12.1 Å². The van der Waals surface area contributed by atoms with Crippen molar-refractivity contribution in [2.45, 2.75) is 13.8 Å². The number of carbonyl (C=O) groups is 2. The van der Waals surface area contributed by atoms with Crippen molar-refractivity contribution in [3.63, 3.8) is 0 Å².